The standard InChI is InChI=1S/C15H28N4/c1-12(2)19(9-14-6-5-7-16-8-14)11-15-10-18(4)17-13(15)3/h10,12,14,16H,5-9,11H2,1-4H3. The first kappa shape index (κ1) is 14.5. The van der Waals surface area contributed by atoms with E-state index in [9.17, 15) is 0 Å². The summed E-state index contributed by atoms with van der Waals surface area (Å²) >= 11 is 0. The van der Waals surface area contributed by atoms with Crippen LogP contribution in [0.2, 0.25) is 0 Å². The largest absolute Gasteiger partial charge is 0.316 e. The van der Waals surface area contributed by atoms with Crippen LogP contribution in [0.15, 0.2) is 6.20 Å². The molecular weight excluding hydrogens is 236 g/mol. The predicted octanol–water partition coefficient (Wildman–Crippen LogP) is 1.94. The lowest BCUT2D eigenvalue weighted by Gasteiger charge is -2.32. The van der Waals surface area contributed by atoms with Crippen molar-refractivity contribution in [2.24, 2.45) is 13.0 Å². The van der Waals surface area contributed by atoms with Crippen molar-refractivity contribution in [2.45, 2.75) is 46.2 Å². The van der Waals surface area contributed by atoms with Gasteiger partial charge in [-0.3, -0.25) is 9.58 Å². The Kier molecular flexibility index (Phi) is 4.99. The monoisotopic (exact) mass is 264 g/mol. The van der Waals surface area contributed by atoms with Crippen LogP contribution in [0.1, 0.15) is 37.9 Å². The maximum absolute atomic E-state index is 4.45. The van der Waals surface area contributed by atoms with Crippen LogP contribution in [0, 0.1) is 12.8 Å². The molecule has 1 aromatic rings. The van der Waals surface area contributed by atoms with Gasteiger partial charge in [0.25, 0.3) is 0 Å². The SMILES string of the molecule is Cc1nn(C)cc1CN(CC1CCCNC1)C(C)C. The third kappa shape index (κ3) is 4.05. The number of rotatable bonds is 5. The van der Waals surface area contributed by atoms with E-state index in [1.807, 2.05) is 11.7 Å². The quantitative estimate of drug-likeness (QED) is 0.882. The molecule has 0 amide bonds. The third-order valence-electron chi connectivity index (χ3n) is 4.11. The van der Waals surface area contributed by atoms with Crippen LogP contribution in [-0.4, -0.2) is 40.4 Å². The van der Waals surface area contributed by atoms with Crippen molar-refractivity contribution in [3.63, 3.8) is 0 Å². The fourth-order valence-electron chi connectivity index (χ4n) is 2.89. The molecule has 0 aliphatic carbocycles. The van der Waals surface area contributed by atoms with Crippen molar-refractivity contribution in [1.29, 1.82) is 0 Å². The van der Waals surface area contributed by atoms with Crippen molar-refractivity contribution in [3.8, 4) is 0 Å². The number of hydrogen-bond donors (Lipinski definition) is 1. The van der Waals surface area contributed by atoms with Crippen molar-refractivity contribution < 1.29 is 0 Å². The van der Waals surface area contributed by atoms with E-state index >= 15 is 0 Å². The van der Waals surface area contributed by atoms with Gasteiger partial charge in [-0.1, -0.05) is 0 Å². The molecule has 2 heterocycles. The summed E-state index contributed by atoms with van der Waals surface area (Å²) in [6, 6.07) is 0.585. The number of piperidine rings is 1. The van der Waals surface area contributed by atoms with Crippen molar-refractivity contribution in [2.75, 3.05) is 19.6 Å². The maximum Gasteiger partial charge on any atom is 0.0638 e. The van der Waals surface area contributed by atoms with E-state index in [-0.39, 0.29) is 0 Å². The Morgan fingerprint density at radius 2 is 2.32 bits per heavy atom. The minimum atomic E-state index is 0.585. The van der Waals surface area contributed by atoms with Crippen LogP contribution < -0.4 is 5.32 Å². The second kappa shape index (κ2) is 6.53. The zero-order valence-electron chi connectivity index (χ0n) is 12.8. The average Bonchev–Trinajstić information content (AvgIpc) is 2.68. The molecule has 1 N–H and O–H groups in total. The predicted molar refractivity (Wildman–Crippen MR) is 79.1 cm³/mol. The number of aromatic nitrogens is 2. The molecule has 4 heteroatoms. The highest BCUT2D eigenvalue weighted by molar-refractivity contribution is 5.15. The van der Waals surface area contributed by atoms with Crippen molar-refractivity contribution >= 4 is 0 Å². The molecular formula is C15H28N4. The summed E-state index contributed by atoms with van der Waals surface area (Å²) < 4.78 is 1.92. The molecule has 108 valence electrons. The van der Waals surface area contributed by atoms with E-state index < -0.39 is 0 Å². The highest BCUT2D eigenvalue weighted by atomic mass is 15.3. The molecule has 1 saturated heterocycles. The Morgan fingerprint density at radius 3 is 2.84 bits per heavy atom. The zero-order chi connectivity index (χ0) is 13.8. The van der Waals surface area contributed by atoms with Gasteiger partial charge in [0.1, 0.15) is 0 Å². The van der Waals surface area contributed by atoms with E-state index in [1.54, 1.807) is 0 Å². The minimum Gasteiger partial charge on any atom is -0.316 e. The highest BCUT2D eigenvalue weighted by Crippen LogP contribution is 2.17. The van der Waals surface area contributed by atoms with Gasteiger partial charge in [0, 0.05) is 37.9 Å². The van der Waals surface area contributed by atoms with E-state index in [0.29, 0.717) is 6.04 Å². The fraction of sp³-hybridized carbons (Fsp3) is 0.800. The maximum atomic E-state index is 4.45. The van der Waals surface area contributed by atoms with Gasteiger partial charge in [-0.25, -0.2) is 0 Å². The second-order valence-corrected chi connectivity index (χ2v) is 6.15. The Bertz CT molecular complexity index is 391. The lowest BCUT2D eigenvalue weighted by atomic mass is 9.98. The minimum absolute atomic E-state index is 0.585. The first-order valence-electron chi connectivity index (χ1n) is 7.50. The van der Waals surface area contributed by atoms with Gasteiger partial charge < -0.3 is 5.32 Å². The molecule has 1 fully saturated rings. The van der Waals surface area contributed by atoms with Crippen molar-refractivity contribution in [1.82, 2.24) is 20.0 Å². The summed E-state index contributed by atoms with van der Waals surface area (Å²) in [4.78, 5) is 2.58. The van der Waals surface area contributed by atoms with Gasteiger partial charge in [-0.15, -0.1) is 0 Å². The van der Waals surface area contributed by atoms with Crippen LogP contribution in [0.25, 0.3) is 0 Å². The lowest BCUT2D eigenvalue weighted by molar-refractivity contribution is 0.163. The summed E-state index contributed by atoms with van der Waals surface area (Å²) in [5, 5.41) is 7.96. The molecule has 1 atom stereocenters. The molecule has 0 spiro atoms. The number of aryl methyl sites for hydroxylation is 2. The Balaban J connectivity index is 1.97. The summed E-state index contributed by atoms with van der Waals surface area (Å²) in [6.07, 6.45) is 4.84. The van der Waals surface area contributed by atoms with Gasteiger partial charge in [0.05, 0.1) is 5.69 Å². The van der Waals surface area contributed by atoms with Gasteiger partial charge in [0.15, 0.2) is 0 Å². The topological polar surface area (TPSA) is 33.1 Å². The van der Waals surface area contributed by atoms with Gasteiger partial charge in [0.2, 0.25) is 0 Å². The molecule has 1 aliphatic rings. The Hall–Kier alpha value is -0.870. The van der Waals surface area contributed by atoms with E-state index in [0.717, 1.165) is 18.2 Å². The Labute approximate surface area is 117 Å². The lowest BCUT2D eigenvalue weighted by Crippen LogP contribution is -2.40. The van der Waals surface area contributed by atoms with Gasteiger partial charge in [-0.2, -0.15) is 5.10 Å². The first-order chi connectivity index (χ1) is 9.06. The number of hydrogen-bond acceptors (Lipinski definition) is 3. The van der Waals surface area contributed by atoms with Crippen LogP contribution in [0.5, 0.6) is 0 Å². The number of nitrogens with zero attached hydrogens (tertiary/aromatic N) is 3. The smallest absolute Gasteiger partial charge is 0.0638 e. The van der Waals surface area contributed by atoms with Crippen LogP contribution >= 0.6 is 0 Å². The molecule has 0 saturated carbocycles. The molecule has 0 radical (unpaired) electrons. The highest BCUT2D eigenvalue weighted by Gasteiger charge is 2.20. The summed E-state index contributed by atoms with van der Waals surface area (Å²) in [7, 11) is 2.00. The second-order valence-electron chi connectivity index (χ2n) is 6.15. The van der Waals surface area contributed by atoms with E-state index in [2.05, 4.69) is 42.3 Å². The summed E-state index contributed by atoms with van der Waals surface area (Å²) in [5.41, 5.74) is 2.52. The molecule has 4 nitrogen and oxygen atoms in total. The molecule has 0 aromatic carbocycles. The average molecular weight is 264 g/mol. The normalized spacial score (nSPS) is 20.4. The molecule has 19 heavy (non-hydrogen) atoms. The van der Waals surface area contributed by atoms with Gasteiger partial charge >= 0.3 is 0 Å². The van der Waals surface area contributed by atoms with Crippen LogP contribution in [0.4, 0.5) is 0 Å². The summed E-state index contributed by atoms with van der Waals surface area (Å²) in [5.74, 6) is 0.799. The molecule has 2 rings (SSSR count). The molecule has 0 bridgehead atoms. The van der Waals surface area contributed by atoms with Crippen LogP contribution in [0.3, 0.4) is 0 Å². The van der Waals surface area contributed by atoms with E-state index in [4.69, 9.17) is 0 Å². The molecule has 1 unspecified atom stereocenters. The molecule has 1 aliphatic heterocycles. The van der Waals surface area contributed by atoms with Gasteiger partial charge in [-0.05, 0) is 52.6 Å². The summed E-state index contributed by atoms with van der Waals surface area (Å²) in [6.45, 7) is 11.3. The van der Waals surface area contributed by atoms with E-state index in [1.165, 1.54) is 38.0 Å². The first-order valence-corrected chi connectivity index (χ1v) is 7.50. The molecule has 1 aromatic heterocycles. The fourth-order valence-corrected chi connectivity index (χ4v) is 2.89. The Morgan fingerprint density at radius 1 is 1.53 bits per heavy atom. The third-order valence-corrected chi connectivity index (χ3v) is 4.11. The van der Waals surface area contributed by atoms with Crippen molar-refractivity contribution in [3.05, 3.63) is 17.5 Å². The zero-order valence-corrected chi connectivity index (χ0v) is 12.8. The van der Waals surface area contributed by atoms with Crippen LogP contribution in [-0.2, 0) is 13.6 Å². The number of nitrogens with one attached hydrogen (secondary N) is 1.